The lowest BCUT2D eigenvalue weighted by molar-refractivity contribution is -0.130. The summed E-state index contributed by atoms with van der Waals surface area (Å²) in [6.07, 6.45) is 0.451. The number of carbonyl (C=O) groups is 1. The predicted molar refractivity (Wildman–Crippen MR) is 89.2 cm³/mol. The van der Waals surface area contributed by atoms with Crippen LogP contribution in [0.1, 0.15) is 17.0 Å². The molecule has 0 atom stereocenters. The number of aryl methyl sites for hydroxylation is 2. The minimum atomic E-state index is -0.222. The van der Waals surface area contributed by atoms with Gasteiger partial charge in [-0.25, -0.2) is 4.39 Å². The van der Waals surface area contributed by atoms with Crippen LogP contribution in [0, 0.1) is 19.7 Å². The molecule has 1 aromatic carbocycles. The van der Waals surface area contributed by atoms with Gasteiger partial charge in [0.2, 0.25) is 5.91 Å². The summed E-state index contributed by atoms with van der Waals surface area (Å²) in [6.45, 7) is 6.98. The molecule has 1 amide bonds. The van der Waals surface area contributed by atoms with Crippen molar-refractivity contribution in [3.8, 4) is 0 Å². The van der Waals surface area contributed by atoms with Crippen molar-refractivity contribution < 1.29 is 9.18 Å². The Morgan fingerprint density at radius 1 is 1.13 bits per heavy atom. The van der Waals surface area contributed by atoms with Crippen LogP contribution in [0.15, 0.2) is 30.3 Å². The molecule has 0 aliphatic carbocycles. The highest BCUT2D eigenvalue weighted by Crippen LogP contribution is 2.18. The summed E-state index contributed by atoms with van der Waals surface area (Å²) < 4.78 is 13.0. The largest absolute Gasteiger partial charge is 0.368 e. The Hall–Kier alpha value is -2.30. The summed E-state index contributed by atoms with van der Waals surface area (Å²) in [5, 5.41) is 0. The summed E-state index contributed by atoms with van der Waals surface area (Å²) in [4.78, 5) is 19.8. The summed E-state index contributed by atoms with van der Waals surface area (Å²) in [6, 6.07) is 8.58. The molecule has 4 nitrogen and oxygen atoms in total. The van der Waals surface area contributed by atoms with Gasteiger partial charge in [-0.15, -0.1) is 0 Å². The normalized spacial score (nSPS) is 15.1. The van der Waals surface area contributed by atoms with Crippen molar-refractivity contribution in [2.24, 2.45) is 0 Å². The molecule has 1 aliphatic heterocycles. The Labute approximate surface area is 135 Å². The van der Waals surface area contributed by atoms with Gasteiger partial charge in [0.1, 0.15) is 5.82 Å². The van der Waals surface area contributed by atoms with E-state index in [1.165, 1.54) is 12.1 Å². The second kappa shape index (κ2) is 6.44. The van der Waals surface area contributed by atoms with E-state index >= 15 is 0 Å². The molecule has 0 unspecified atom stereocenters. The Morgan fingerprint density at radius 2 is 1.78 bits per heavy atom. The molecule has 122 valence electrons. The zero-order valence-corrected chi connectivity index (χ0v) is 13.6. The minimum Gasteiger partial charge on any atom is -0.368 e. The van der Waals surface area contributed by atoms with E-state index < -0.39 is 0 Å². The molecule has 1 aromatic heterocycles. The Kier molecular flexibility index (Phi) is 4.37. The Bertz CT molecular complexity index is 685. The summed E-state index contributed by atoms with van der Waals surface area (Å²) >= 11 is 0. The monoisotopic (exact) mass is 315 g/mol. The fourth-order valence-corrected chi connectivity index (χ4v) is 3.11. The maximum absolute atomic E-state index is 13.0. The fraction of sp³-hybridized carbons (Fsp3) is 0.389. The zero-order chi connectivity index (χ0) is 16.4. The van der Waals surface area contributed by atoms with E-state index in [2.05, 4.69) is 9.88 Å². The molecule has 1 N–H and O–H groups in total. The molecule has 1 saturated heterocycles. The third-order valence-corrected chi connectivity index (χ3v) is 4.42. The highest BCUT2D eigenvalue weighted by atomic mass is 19.1. The number of hydrogen-bond acceptors (Lipinski definition) is 2. The van der Waals surface area contributed by atoms with Crippen molar-refractivity contribution in [3.63, 3.8) is 0 Å². The van der Waals surface area contributed by atoms with Crippen LogP contribution in [0.2, 0.25) is 0 Å². The van der Waals surface area contributed by atoms with Gasteiger partial charge < -0.3 is 14.8 Å². The number of halogens is 1. The van der Waals surface area contributed by atoms with Gasteiger partial charge in [-0.1, -0.05) is 0 Å². The molecule has 23 heavy (non-hydrogen) atoms. The lowest BCUT2D eigenvalue weighted by atomic mass is 10.1. The van der Waals surface area contributed by atoms with Crippen molar-refractivity contribution in [1.82, 2.24) is 9.88 Å². The van der Waals surface area contributed by atoms with Crippen LogP contribution in [0.3, 0.4) is 0 Å². The van der Waals surface area contributed by atoms with Crippen LogP contribution in [-0.2, 0) is 11.2 Å². The van der Waals surface area contributed by atoms with Gasteiger partial charge in [0.25, 0.3) is 0 Å². The first-order valence-electron chi connectivity index (χ1n) is 7.96. The SMILES string of the molecule is Cc1cc(CC(=O)N2CCN(c3ccc(F)cc3)CC2)c(C)[nH]1. The molecule has 3 rings (SSSR count). The van der Waals surface area contributed by atoms with Crippen LogP contribution in [-0.4, -0.2) is 42.0 Å². The smallest absolute Gasteiger partial charge is 0.227 e. The van der Waals surface area contributed by atoms with Gasteiger partial charge in [-0.3, -0.25) is 4.79 Å². The molecule has 2 heterocycles. The minimum absolute atomic E-state index is 0.172. The van der Waals surface area contributed by atoms with Gasteiger partial charge in [-0.2, -0.15) is 0 Å². The third kappa shape index (κ3) is 3.55. The number of hydrogen-bond donors (Lipinski definition) is 1. The number of nitrogens with one attached hydrogen (secondary N) is 1. The maximum Gasteiger partial charge on any atom is 0.227 e. The second-order valence-corrected chi connectivity index (χ2v) is 6.12. The van der Waals surface area contributed by atoms with E-state index in [1.807, 2.05) is 24.8 Å². The highest BCUT2D eigenvalue weighted by Gasteiger charge is 2.22. The number of rotatable bonds is 3. The number of nitrogens with zero attached hydrogens (tertiary/aromatic N) is 2. The molecule has 5 heteroatoms. The molecule has 1 aliphatic rings. The number of aromatic nitrogens is 1. The van der Waals surface area contributed by atoms with Crippen molar-refractivity contribution >= 4 is 11.6 Å². The van der Waals surface area contributed by atoms with Crippen LogP contribution in [0.25, 0.3) is 0 Å². The van der Waals surface area contributed by atoms with Crippen LogP contribution < -0.4 is 4.90 Å². The Balaban J connectivity index is 1.57. The molecule has 0 saturated carbocycles. The number of H-pyrrole nitrogens is 1. The number of anilines is 1. The van der Waals surface area contributed by atoms with E-state index in [-0.39, 0.29) is 11.7 Å². The summed E-state index contributed by atoms with van der Waals surface area (Å²) in [5.74, 6) is -0.0504. The lowest BCUT2D eigenvalue weighted by Crippen LogP contribution is -2.49. The van der Waals surface area contributed by atoms with Crippen molar-refractivity contribution in [2.45, 2.75) is 20.3 Å². The average molecular weight is 315 g/mol. The first-order chi connectivity index (χ1) is 11.0. The van der Waals surface area contributed by atoms with E-state index in [4.69, 9.17) is 0 Å². The average Bonchev–Trinajstić information content (AvgIpc) is 2.86. The van der Waals surface area contributed by atoms with Crippen molar-refractivity contribution in [1.29, 1.82) is 0 Å². The van der Waals surface area contributed by atoms with Gasteiger partial charge in [0, 0.05) is 43.3 Å². The number of benzene rings is 1. The van der Waals surface area contributed by atoms with Crippen LogP contribution in [0.5, 0.6) is 0 Å². The third-order valence-electron chi connectivity index (χ3n) is 4.42. The van der Waals surface area contributed by atoms with Gasteiger partial charge in [0.15, 0.2) is 0 Å². The topological polar surface area (TPSA) is 39.3 Å². The summed E-state index contributed by atoms with van der Waals surface area (Å²) in [5.41, 5.74) is 4.25. The van der Waals surface area contributed by atoms with Crippen LogP contribution in [0.4, 0.5) is 10.1 Å². The molecule has 0 bridgehead atoms. The molecule has 2 aromatic rings. The number of piperazine rings is 1. The van der Waals surface area contributed by atoms with E-state index in [0.717, 1.165) is 35.7 Å². The Morgan fingerprint density at radius 3 is 2.35 bits per heavy atom. The quantitative estimate of drug-likeness (QED) is 0.946. The maximum atomic E-state index is 13.0. The molecule has 0 radical (unpaired) electrons. The lowest BCUT2D eigenvalue weighted by Gasteiger charge is -2.36. The number of aromatic amines is 1. The van der Waals surface area contributed by atoms with Crippen molar-refractivity contribution in [3.05, 3.63) is 53.1 Å². The highest BCUT2D eigenvalue weighted by molar-refractivity contribution is 5.79. The van der Waals surface area contributed by atoms with E-state index in [9.17, 15) is 9.18 Å². The van der Waals surface area contributed by atoms with Gasteiger partial charge >= 0.3 is 0 Å². The summed E-state index contributed by atoms with van der Waals surface area (Å²) in [7, 11) is 0. The first kappa shape index (κ1) is 15.6. The molecular formula is C18H22FN3O. The van der Waals surface area contributed by atoms with Crippen molar-refractivity contribution in [2.75, 3.05) is 31.1 Å². The van der Waals surface area contributed by atoms with E-state index in [0.29, 0.717) is 19.5 Å². The van der Waals surface area contributed by atoms with Gasteiger partial charge in [-0.05, 0) is 49.7 Å². The number of amides is 1. The number of carbonyl (C=O) groups excluding carboxylic acids is 1. The standard InChI is InChI=1S/C18H22FN3O/c1-13-11-15(14(2)20-13)12-18(23)22-9-7-21(8-10-22)17-5-3-16(19)4-6-17/h3-6,11,20H,7-10,12H2,1-2H3. The molecular weight excluding hydrogens is 293 g/mol. The molecule has 0 spiro atoms. The zero-order valence-electron chi connectivity index (χ0n) is 13.6. The first-order valence-corrected chi connectivity index (χ1v) is 7.96. The van der Waals surface area contributed by atoms with Crippen LogP contribution >= 0.6 is 0 Å². The van der Waals surface area contributed by atoms with E-state index in [1.54, 1.807) is 12.1 Å². The van der Waals surface area contributed by atoms with Gasteiger partial charge in [0.05, 0.1) is 6.42 Å². The fourth-order valence-electron chi connectivity index (χ4n) is 3.11. The molecule has 1 fully saturated rings. The second-order valence-electron chi connectivity index (χ2n) is 6.12. The predicted octanol–water partition coefficient (Wildman–Crippen LogP) is 2.66.